The van der Waals surface area contributed by atoms with Gasteiger partial charge in [0, 0.05) is 18.3 Å². The SMILES string of the molecule is N#Cc1cc2c(nc1NC(CN)C1CC1)CCC2. The van der Waals surface area contributed by atoms with Gasteiger partial charge in [-0.3, -0.25) is 0 Å². The second kappa shape index (κ2) is 4.58. The van der Waals surface area contributed by atoms with Crippen molar-refractivity contribution in [3.05, 3.63) is 22.9 Å². The predicted molar refractivity (Wildman–Crippen MR) is 70.2 cm³/mol. The molecule has 3 rings (SSSR count). The van der Waals surface area contributed by atoms with Crippen molar-refractivity contribution in [3.8, 4) is 6.07 Å². The molecule has 1 aromatic heterocycles. The Hall–Kier alpha value is -1.60. The summed E-state index contributed by atoms with van der Waals surface area (Å²) in [6.07, 6.45) is 5.72. The minimum atomic E-state index is 0.268. The number of nitrogens with two attached hydrogens (primary N) is 1. The molecule has 0 aromatic carbocycles. The van der Waals surface area contributed by atoms with Crippen LogP contribution in [0.4, 0.5) is 5.82 Å². The molecule has 4 nitrogen and oxygen atoms in total. The Morgan fingerprint density at radius 3 is 3.00 bits per heavy atom. The van der Waals surface area contributed by atoms with E-state index in [9.17, 15) is 5.26 Å². The van der Waals surface area contributed by atoms with Gasteiger partial charge in [-0.1, -0.05) is 0 Å². The summed E-state index contributed by atoms with van der Waals surface area (Å²) in [5, 5.41) is 12.6. The van der Waals surface area contributed by atoms with Crippen molar-refractivity contribution in [1.82, 2.24) is 4.98 Å². The fraction of sp³-hybridized carbons (Fsp3) is 0.571. The monoisotopic (exact) mass is 242 g/mol. The summed E-state index contributed by atoms with van der Waals surface area (Å²) in [6, 6.07) is 4.51. The maximum atomic E-state index is 9.23. The summed E-state index contributed by atoms with van der Waals surface area (Å²) in [4.78, 5) is 4.63. The maximum Gasteiger partial charge on any atom is 0.144 e. The van der Waals surface area contributed by atoms with Crippen LogP contribution in [0.5, 0.6) is 0 Å². The van der Waals surface area contributed by atoms with Crippen LogP contribution >= 0.6 is 0 Å². The van der Waals surface area contributed by atoms with E-state index in [0.717, 1.165) is 30.8 Å². The quantitative estimate of drug-likeness (QED) is 0.840. The highest BCUT2D eigenvalue weighted by molar-refractivity contribution is 5.55. The highest BCUT2D eigenvalue weighted by atomic mass is 15.0. The molecule has 0 spiro atoms. The Bertz CT molecular complexity index is 499. The lowest BCUT2D eigenvalue weighted by molar-refractivity contribution is 0.641. The maximum absolute atomic E-state index is 9.23. The van der Waals surface area contributed by atoms with E-state index in [1.807, 2.05) is 6.07 Å². The minimum absolute atomic E-state index is 0.268. The highest BCUT2D eigenvalue weighted by Gasteiger charge is 2.31. The predicted octanol–water partition coefficient (Wildman–Crippen LogP) is 1.59. The molecule has 1 heterocycles. The van der Waals surface area contributed by atoms with Crippen molar-refractivity contribution in [2.75, 3.05) is 11.9 Å². The van der Waals surface area contributed by atoms with E-state index >= 15 is 0 Å². The van der Waals surface area contributed by atoms with Crippen LogP contribution in [0.25, 0.3) is 0 Å². The van der Waals surface area contributed by atoms with Crippen LogP contribution in [0.1, 0.15) is 36.1 Å². The third-order valence-corrected chi connectivity index (χ3v) is 3.94. The first-order chi connectivity index (χ1) is 8.81. The first kappa shape index (κ1) is 11.5. The number of fused-ring (bicyclic) bond motifs is 1. The van der Waals surface area contributed by atoms with Crippen LogP contribution in [0, 0.1) is 17.2 Å². The summed E-state index contributed by atoms with van der Waals surface area (Å²) in [6.45, 7) is 0.605. The normalized spacial score (nSPS) is 19.1. The molecular formula is C14H18N4. The van der Waals surface area contributed by atoms with Crippen LogP contribution in [0.3, 0.4) is 0 Å². The number of nitriles is 1. The molecule has 1 aromatic rings. The lowest BCUT2D eigenvalue weighted by Gasteiger charge is -2.18. The van der Waals surface area contributed by atoms with Gasteiger partial charge in [0.25, 0.3) is 0 Å². The van der Waals surface area contributed by atoms with Crippen LogP contribution in [0.15, 0.2) is 6.07 Å². The van der Waals surface area contributed by atoms with Crippen molar-refractivity contribution in [1.29, 1.82) is 5.26 Å². The molecule has 2 aliphatic carbocycles. The number of hydrogen-bond donors (Lipinski definition) is 2. The zero-order chi connectivity index (χ0) is 12.5. The molecule has 3 N–H and O–H groups in total. The molecular weight excluding hydrogens is 224 g/mol. The molecule has 18 heavy (non-hydrogen) atoms. The number of anilines is 1. The van der Waals surface area contributed by atoms with Gasteiger partial charge < -0.3 is 11.1 Å². The Morgan fingerprint density at radius 2 is 2.33 bits per heavy atom. The van der Waals surface area contributed by atoms with E-state index in [1.54, 1.807) is 0 Å². The van der Waals surface area contributed by atoms with Crippen LogP contribution in [-0.2, 0) is 12.8 Å². The van der Waals surface area contributed by atoms with Gasteiger partial charge in [-0.2, -0.15) is 5.26 Å². The van der Waals surface area contributed by atoms with E-state index in [1.165, 1.54) is 18.4 Å². The number of hydrogen-bond acceptors (Lipinski definition) is 4. The van der Waals surface area contributed by atoms with Crippen LogP contribution < -0.4 is 11.1 Å². The summed E-state index contributed by atoms with van der Waals surface area (Å²) < 4.78 is 0. The van der Waals surface area contributed by atoms with Gasteiger partial charge in [0.2, 0.25) is 0 Å². The van der Waals surface area contributed by atoms with E-state index < -0.39 is 0 Å². The number of aryl methyl sites for hydroxylation is 2. The van der Waals surface area contributed by atoms with Gasteiger partial charge in [0.15, 0.2) is 0 Å². The Balaban J connectivity index is 1.88. The molecule has 0 saturated heterocycles. The molecule has 0 amide bonds. The van der Waals surface area contributed by atoms with E-state index in [-0.39, 0.29) is 6.04 Å². The second-order valence-electron chi connectivity index (χ2n) is 5.28. The lowest BCUT2D eigenvalue weighted by atomic mass is 10.1. The van der Waals surface area contributed by atoms with E-state index in [0.29, 0.717) is 18.0 Å². The number of nitrogens with one attached hydrogen (secondary N) is 1. The molecule has 1 unspecified atom stereocenters. The Morgan fingerprint density at radius 1 is 1.50 bits per heavy atom. The summed E-state index contributed by atoms with van der Waals surface area (Å²) in [7, 11) is 0. The van der Waals surface area contributed by atoms with Gasteiger partial charge in [-0.25, -0.2) is 4.98 Å². The first-order valence-electron chi connectivity index (χ1n) is 6.71. The number of rotatable bonds is 4. The van der Waals surface area contributed by atoms with Crippen LogP contribution in [-0.4, -0.2) is 17.6 Å². The number of pyridine rings is 1. The van der Waals surface area contributed by atoms with Crippen molar-refractivity contribution < 1.29 is 0 Å². The van der Waals surface area contributed by atoms with Crippen molar-refractivity contribution in [2.24, 2.45) is 11.7 Å². The molecule has 2 aliphatic rings. The van der Waals surface area contributed by atoms with Gasteiger partial charge in [-0.15, -0.1) is 0 Å². The van der Waals surface area contributed by atoms with Gasteiger partial charge >= 0.3 is 0 Å². The van der Waals surface area contributed by atoms with Gasteiger partial charge in [0.1, 0.15) is 11.9 Å². The zero-order valence-electron chi connectivity index (χ0n) is 10.4. The molecule has 1 atom stereocenters. The lowest BCUT2D eigenvalue weighted by Crippen LogP contribution is -2.31. The summed E-state index contributed by atoms with van der Waals surface area (Å²) in [5.41, 5.74) is 8.85. The Kier molecular flexibility index (Phi) is 2.92. The topological polar surface area (TPSA) is 74.7 Å². The summed E-state index contributed by atoms with van der Waals surface area (Å²) >= 11 is 0. The molecule has 0 bridgehead atoms. The number of aromatic nitrogens is 1. The van der Waals surface area contributed by atoms with Crippen LogP contribution in [0.2, 0.25) is 0 Å². The van der Waals surface area contributed by atoms with Gasteiger partial charge in [-0.05, 0) is 49.7 Å². The van der Waals surface area contributed by atoms with E-state index in [4.69, 9.17) is 5.73 Å². The van der Waals surface area contributed by atoms with E-state index in [2.05, 4.69) is 16.4 Å². The van der Waals surface area contributed by atoms with Crippen molar-refractivity contribution in [2.45, 2.75) is 38.1 Å². The van der Waals surface area contributed by atoms with Crippen molar-refractivity contribution >= 4 is 5.82 Å². The standard InChI is InChI=1S/C14H18N4/c15-7-11-6-10-2-1-3-12(10)17-14(11)18-13(8-16)9-4-5-9/h6,9,13H,1-5,8,16H2,(H,17,18). The average Bonchev–Trinajstić information content (AvgIpc) is 3.13. The first-order valence-corrected chi connectivity index (χ1v) is 6.71. The molecule has 1 saturated carbocycles. The third kappa shape index (κ3) is 2.06. The number of nitrogens with zero attached hydrogens (tertiary/aromatic N) is 2. The third-order valence-electron chi connectivity index (χ3n) is 3.94. The molecule has 1 fully saturated rings. The fourth-order valence-electron chi connectivity index (χ4n) is 2.71. The fourth-order valence-corrected chi connectivity index (χ4v) is 2.71. The molecule has 94 valence electrons. The molecule has 0 aliphatic heterocycles. The van der Waals surface area contributed by atoms with Gasteiger partial charge in [0.05, 0.1) is 5.56 Å². The minimum Gasteiger partial charge on any atom is -0.365 e. The van der Waals surface area contributed by atoms with Crippen molar-refractivity contribution in [3.63, 3.8) is 0 Å². The molecule has 0 radical (unpaired) electrons. The second-order valence-corrected chi connectivity index (χ2v) is 5.28. The average molecular weight is 242 g/mol. The smallest absolute Gasteiger partial charge is 0.144 e. The highest BCUT2D eigenvalue weighted by Crippen LogP contribution is 2.34. The molecule has 4 heteroatoms. The largest absolute Gasteiger partial charge is 0.365 e. The summed E-state index contributed by atoms with van der Waals surface area (Å²) in [5.74, 6) is 1.40. The zero-order valence-corrected chi connectivity index (χ0v) is 10.4. The Labute approximate surface area is 107 Å².